The Labute approximate surface area is 124 Å². The van der Waals surface area contributed by atoms with Gasteiger partial charge in [-0.3, -0.25) is 4.79 Å². The fraction of sp³-hybridized carbons (Fsp3) is 0.333. The summed E-state index contributed by atoms with van der Waals surface area (Å²) < 4.78 is 62.7. The van der Waals surface area contributed by atoms with Crippen molar-refractivity contribution in [1.82, 2.24) is 5.32 Å². The van der Waals surface area contributed by atoms with E-state index in [0.717, 1.165) is 12.3 Å². The lowest BCUT2D eigenvalue weighted by Crippen LogP contribution is -2.36. The van der Waals surface area contributed by atoms with Gasteiger partial charge in [-0.1, -0.05) is 6.07 Å². The minimum absolute atomic E-state index is 0.122. The van der Waals surface area contributed by atoms with Crippen molar-refractivity contribution in [3.05, 3.63) is 29.8 Å². The molecule has 0 bridgehead atoms. The summed E-state index contributed by atoms with van der Waals surface area (Å²) in [4.78, 5) is 22.6. The number of halogens is 3. The lowest BCUT2D eigenvalue weighted by molar-refractivity contribution is -0.140. The van der Waals surface area contributed by atoms with E-state index in [2.05, 4.69) is 4.74 Å². The van der Waals surface area contributed by atoms with E-state index in [1.807, 2.05) is 0 Å². The number of rotatable bonds is 5. The number of esters is 1. The first-order chi connectivity index (χ1) is 9.99. The van der Waals surface area contributed by atoms with Crippen molar-refractivity contribution in [2.45, 2.75) is 11.1 Å². The second-order valence-corrected chi connectivity index (χ2v) is 6.28. The van der Waals surface area contributed by atoms with Gasteiger partial charge >= 0.3 is 12.1 Å². The van der Waals surface area contributed by atoms with Gasteiger partial charge in [0.05, 0.1) is 10.5 Å². The number of carbonyl (C=O) groups is 2. The Morgan fingerprint density at radius 1 is 1.27 bits per heavy atom. The van der Waals surface area contributed by atoms with Crippen LogP contribution < -0.4 is 5.32 Å². The molecule has 0 heterocycles. The van der Waals surface area contributed by atoms with Crippen LogP contribution in [0.4, 0.5) is 13.2 Å². The monoisotopic (exact) mass is 339 g/mol. The zero-order valence-corrected chi connectivity index (χ0v) is 12.1. The van der Waals surface area contributed by atoms with Crippen LogP contribution in [0.5, 0.6) is 0 Å². The minimum atomic E-state index is -4.57. The van der Waals surface area contributed by atoms with Gasteiger partial charge in [0.2, 0.25) is 0 Å². The molecule has 0 saturated heterocycles. The van der Waals surface area contributed by atoms with E-state index in [1.54, 1.807) is 0 Å². The summed E-state index contributed by atoms with van der Waals surface area (Å²) in [5.41, 5.74) is -0.133. The molecule has 0 atom stereocenters. The van der Waals surface area contributed by atoms with Gasteiger partial charge in [-0.05, 0) is 18.2 Å². The summed E-state index contributed by atoms with van der Waals surface area (Å²) >= 11 is 0. The van der Waals surface area contributed by atoms with Crippen molar-refractivity contribution in [2.75, 3.05) is 19.4 Å². The van der Waals surface area contributed by atoms with Gasteiger partial charge in [0.15, 0.2) is 16.4 Å². The molecule has 10 heteroatoms. The second kappa shape index (κ2) is 6.77. The van der Waals surface area contributed by atoms with Crippen molar-refractivity contribution in [2.24, 2.45) is 0 Å². The Morgan fingerprint density at radius 2 is 1.91 bits per heavy atom. The molecule has 122 valence electrons. The average molecular weight is 339 g/mol. The van der Waals surface area contributed by atoms with Crippen LogP contribution in [0.1, 0.15) is 10.4 Å². The highest BCUT2D eigenvalue weighted by atomic mass is 32.2. The van der Waals surface area contributed by atoms with Gasteiger partial charge in [0.25, 0.3) is 5.91 Å². The normalized spacial score (nSPS) is 11.8. The third kappa shape index (κ3) is 6.12. The van der Waals surface area contributed by atoms with Crippen LogP contribution in [0.25, 0.3) is 0 Å². The van der Waals surface area contributed by atoms with Crippen molar-refractivity contribution < 1.29 is 35.9 Å². The van der Waals surface area contributed by atoms with Gasteiger partial charge in [-0.15, -0.1) is 0 Å². The summed E-state index contributed by atoms with van der Waals surface area (Å²) in [5.74, 6) is -2.14. The van der Waals surface area contributed by atoms with E-state index in [0.29, 0.717) is 0 Å². The van der Waals surface area contributed by atoms with Gasteiger partial charge < -0.3 is 10.1 Å². The highest BCUT2D eigenvalue weighted by Crippen LogP contribution is 2.13. The number of nitrogens with one attached hydrogen (secondary N) is 1. The molecule has 1 N–H and O–H groups in total. The smallest absolute Gasteiger partial charge is 0.405 e. The number of ether oxygens (including phenoxy) is 1. The number of benzene rings is 1. The number of hydrogen-bond acceptors (Lipinski definition) is 5. The maximum Gasteiger partial charge on any atom is 0.405 e. The number of hydrogen-bond donors (Lipinski definition) is 1. The Morgan fingerprint density at radius 3 is 2.45 bits per heavy atom. The molecule has 1 aromatic rings. The first-order valence-electron chi connectivity index (χ1n) is 5.80. The molecule has 0 saturated carbocycles. The molecular formula is C12H12F3NO5S. The van der Waals surface area contributed by atoms with Gasteiger partial charge in [0, 0.05) is 6.26 Å². The molecule has 0 aromatic heterocycles. The van der Waals surface area contributed by atoms with Gasteiger partial charge in [0.1, 0.15) is 6.54 Å². The first-order valence-corrected chi connectivity index (χ1v) is 7.69. The van der Waals surface area contributed by atoms with Crippen molar-refractivity contribution in [3.63, 3.8) is 0 Å². The summed E-state index contributed by atoms with van der Waals surface area (Å²) in [6.07, 6.45) is -3.62. The van der Waals surface area contributed by atoms with E-state index >= 15 is 0 Å². The number of amides is 1. The molecule has 0 fully saturated rings. The largest absolute Gasteiger partial charge is 0.452 e. The highest BCUT2D eigenvalue weighted by molar-refractivity contribution is 7.90. The van der Waals surface area contributed by atoms with Crippen molar-refractivity contribution >= 4 is 21.7 Å². The molecular weight excluding hydrogens is 327 g/mol. The van der Waals surface area contributed by atoms with Crippen LogP contribution in [0, 0.1) is 0 Å². The number of carbonyl (C=O) groups excluding carboxylic acids is 2. The van der Waals surface area contributed by atoms with E-state index < -0.39 is 41.0 Å². The summed E-state index contributed by atoms with van der Waals surface area (Å²) in [7, 11) is -3.53. The lowest BCUT2D eigenvalue weighted by Gasteiger charge is -2.09. The molecule has 1 rings (SSSR count). The molecule has 6 nitrogen and oxygen atoms in total. The van der Waals surface area contributed by atoms with E-state index in [4.69, 9.17) is 0 Å². The molecule has 0 aliphatic heterocycles. The maximum atomic E-state index is 11.9. The zero-order chi connectivity index (χ0) is 17.0. The Hall–Kier alpha value is -2.10. The molecule has 0 unspecified atom stereocenters. The van der Waals surface area contributed by atoms with Gasteiger partial charge in [-0.25, -0.2) is 13.2 Å². The van der Waals surface area contributed by atoms with Crippen LogP contribution in [-0.2, 0) is 19.4 Å². The minimum Gasteiger partial charge on any atom is -0.452 e. The van der Waals surface area contributed by atoms with E-state index in [1.165, 1.54) is 23.5 Å². The zero-order valence-electron chi connectivity index (χ0n) is 11.3. The molecule has 0 aliphatic carbocycles. The second-order valence-electron chi connectivity index (χ2n) is 4.27. The Kier molecular flexibility index (Phi) is 5.53. The fourth-order valence-corrected chi connectivity index (χ4v) is 1.98. The summed E-state index contributed by atoms with van der Waals surface area (Å²) in [6, 6.07) is 4.87. The molecule has 0 aliphatic rings. The SMILES string of the molecule is CS(=O)(=O)c1cccc(C(=O)OCC(=O)NCC(F)(F)F)c1. The van der Waals surface area contributed by atoms with Crippen molar-refractivity contribution in [3.8, 4) is 0 Å². The highest BCUT2D eigenvalue weighted by Gasteiger charge is 2.27. The van der Waals surface area contributed by atoms with Crippen LogP contribution in [-0.4, -0.2) is 45.9 Å². The molecule has 1 aromatic carbocycles. The van der Waals surface area contributed by atoms with E-state index in [9.17, 15) is 31.2 Å². The van der Waals surface area contributed by atoms with Crippen LogP contribution >= 0.6 is 0 Å². The predicted octanol–water partition coefficient (Wildman–Crippen LogP) is 0.925. The quantitative estimate of drug-likeness (QED) is 0.806. The Balaban J connectivity index is 2.61. The lowest BCUT2D eigenvalue weighted by atomic mass is 10.2. The average Bonchev–Trinajstić information content (AvgIpc) is 2.41. The first kappa shape index (κ1) is 18.0. The van der Waals surface area contributed by atoms with Gasteiger partial charge in [-0.2, -0.15) is 13.2 Å². The Bertz CT molecular complexity index is 670. The standard InChI is InChI=1S/C12H12F3NO5S/c1-22(19,20)9-4-2-3-8(5-9)11(18)21-6-10(17)16-7-12(13,14)15/h2-5H,6-7H2,1H3,(H,16,17). The third-order valence-corrected chi connectivity index (χ3v) is 3.43. The van der Waals surface area contributed by atoms with Crippen LogP contribution in [0.15, 0.2) is 29.2 Å². The van der Waals surface area contributed by atoms with E-state index in [-0.39, 0.29) is 10.5 Å². The van der Waals surface area contributed by atoms with Crippen LogP contribution in [0.2, 0.25) is 0 Å². The molecule has 1 amide bonds. The predicted molar refractivity (Wildman–Crippen MR) is 68.9 cm³/mol. The maximum absolute atomic E-state index is 11.9. The topological polar surface area (TPSA) is 89.5 Å². The van der Waals surface area contributed by atoms with Crippen molar-refractivity contribution in [1.29, 1.82) is 0 Å². The molecule has 0 spiro atoms. The molecule has 0 radical (unpaired) electrons. The molecule has 22 heavy (non-hydrogen) atoms. The fourth-order valence-electron chi connectivity index (χ4n) is 1.32. The number of alkyl halides is 3. The van der Waals surface area contributed by atoms with Crippen LogP contribution in [0.3, 0.4) is 0 Å². The summed E-state index contributed by atoms with van der Waals surface area (Å²) in [6.45, 7) is -2.44. The number of sulfone groups is 1. The summed E-state index contributed by atoms with van der Waals surface area (Å²) in [5, 5.41) is 1.53. The third-order valence-electron chi connectivity index (χ3n) is 2.32.